The van der Waals surface area contributed by atoms with E-state index in [2.05, 4.69) is 16.2 Å². The summed E-state index contributed by atoms with van der Waals surface area (Å²) in [5, 5.41) is 4.16. The molecule has 0 heterocycles. The first-order valence-electron chi connectivity index (χ1n) is 6.51. The highest BCUT2D eigenvalue weighted by molar-refractivity contribution is 7.99. The number of hydrogen-bond acceptors (Lipinski definition) is 3. The van der Waals surface area contributed by atoms with E-state index < -0.39 is 0 Å². The normalized spacial score (nSPS) is 10.9. The molecule has 4 nitrogen and oxygen atoms in total. The second kappa shape index (κ2) is 8.46. The van der Waals surface area contributed by atoms with Crippen molar-refractivity contribution in [2.75, 3.05) is 5.75 Å². The smallest absolute Gasteiger partial charge is 0.239 e. The van der Waals surface area contributed by atoms with E-state index in [1.807, 2.05) is 45.0 Å². The first kappa shape index (κ1) is 18.1. The number of hydrazine groups is 1. The van der Waals surface area contributed by atoms with Crippen LogP contribution in [0.15, 0.2) is 29.2 Å². The molecule has 116 valence electrons. The van der Waals surface area contributed by atoms with Gasteiger partial charge < -0.3 is 5.32 Å². The zero-order valence-corrected chi connectivity index (χ0v) is 14.7. The van der Waals surface area contributed by atoms with E-state index in [4.69, 9.17) is 23.8 Å². The average Bonchev–Trinajstić information content (AvgIpc) is 2.37. The Kier molecular flexibility index (Phi) is 7.28. The van der Waals surface area contributed by atoms with Gasteiger partial charge in [0.2, 0.25) is 5.91 Å². The van der Waals surface area contributed by atoms with Crippen LogP contribution in [0.4, 0.5) is 0 Å². The van der Waals surface area contributed by atoms with Gasteiger partial charge in [0.15, 0.2) is 5.11 Å². The second-order valence-corrected chi connectivity index (χ2v) is 7.44. The molecule has 1 amide bonds. The van der Waals surface area contributed by atoms with Gasteiger partial charge in [-0.25, -0.2) is 0 Å². The number of rotatable bonds is 4. The lowest BCUT2D eigenvalue weighted by molar-refractivity contribution is -0.121. The molecule has 3 N–H and O–H groups in total. The van der Waals surface area contributed by atoms with E-state index in [0.717, 1.165) is 4.90 Å². The van der Waals surface area contributed by atoms with Crippen molar-refractivity contribution in [3.63, 3.8) is 0 Å². The molecular formula is C14H20ClN3OS2. The van der Waals surface area contributed by atoms with Crippen LogP contribution in [0.3, 0.4) is 0 Å². The fraction of sp³-hybridized carbons (Fsp3) is 0.429. The van der Waals surface area contributed by atoms with Crippen molar-refractivity contribution in [3.8, 4) is 0 Å². The summed E-state index contributed by atoms with van der Waals surface area (Å²) >= 11 is 12.5. The zero-order valence-electron chi connectivity index (χ0n) is 12.3. The summed E-state index contributed by atoms with van der Waals surface area (Å²) in [6, 6.07) is 7.54. The van der Waals surface area contributed by atoms with Crippen molar-refractivity contribution in [3.05, 3.63) is 29.3 Å². The van der Waals surface area contributed by atoms with Gasteiger partial charge in [-0.15, -0.1) is 11.8 Å². The molecule has 0 radical (unpaired) electrons. The molecule has 0 bridgehead atoms. The Morgan fingerprint density at radius 2 is 1.86 bits per heavy atom. The fourth-order valence-electron chi connectivity index (χ4n) is 1.35. The van der Waals surface area contributed by atoms with Gasteiger partial charge in [-0.05, 0) is 57.3 Å². The summed E-state index contributed by atoms with van der Waals surface area (Å²) in [4.78, 5) is 12.8. The molecule has 0 spiro atoms. The van der Waals surface area contributed by atoms with Gasteiger partial charge in [0.25, 0.3) is 0 Å². The van der Waals surface area contributed by atoms with Crippen LogP contribution in [-0.2, 0) is 4.79 Å². The number of thioether (sulfide) groups is 1. The van der Waals surface area contributed by atoms with Crippen LogP contribution in [0, 0.1) is 0 Å². The average molecular weight is 346 g/mol. The minimum atomic E-state index is -0.140. The van der Waals surface area contributed by atoms with Gasteiger partial charge in [0, 0.05) is 27.6 Å². The van der Waals surface area contributed by atoms with E-state index in [0.29, 0.717) is 22.3 Å². The van der Waals surface area contributed by atoms with Crippen LogP contribution in [0.25, 0.3) is 0 Å². The summed E-state index contributed by atoms with van der Waals surface area (Å²) < 4.78 is 0. The van der Waals surface area contributed by atoms with Gasteiger partial charge >= 0.3 is 0 Å². The number of carbonyl (C=O) groups excluding carboxylic acids is 1. The van der Waals surface area contributed by atoms with Crippen LogP contribution in [0.2, 0.25) is 5.02 Å². The SMILES string of the molecule is CC(C)(C)NC(=S)NNC(=O)CCSc1ccc(Cl)cc1. The molecule has 7 heteroatoms. The summed E-state index contributed by atoms with van der Waals surface area (Å²) in [7, 11) is 0. The maximum Gasteiger partial charge on any atom is 0.239 e. The van der Waals surface area contributed by atoms with E-state index in [9.17, 15) is 4.79 Å². The maximum absolute atomic E-state index is 11.7. The predicted molar refractivity (Wildman–Crippen MR) is 93.6 cm³/mol. The molecule has 1 aromatic carbocycles. The second-order valence-electron chi connectivity index (χ2n) is 5.43. The van der Waals surface area contributed by atoms with Gasteiger partial charge in [0.1, 0.15) is 0 Å². The zero-order chi connectivity index (χ0) is 15.9. The molecule has 0 saturated carbocycles. The summed E-state index contributed by atoms with van der Waals surface area (Å²) in [5.74, 6) is 0.587. The van der Waals surface area contributed by atoms with E-state index in [1.165, 1.54) is 0 Å². The predicted octanol–water partition coefficient (Wildman–Crippen LogP) is 3.12. The van der Waals surface area contributed by atoms with Gasteiger partial charge in [0.05, 0.1) is 0 Å². The topological polar surface area (TPSA) is 53.2 Å². The van der Waals surface area contributed by atoms with Crippen molar-refractivity contribution >= 4 is 46.6 Å². The number of carbonyl (C=O) groups is 1. The van der Waals surface area contributed by atoms with Crippen LogP contribution in [-0.4, -0.2) is 22.3 Å². The maximum atomic E-state index is 11.7. The third-order valence-corrected chi connectivity index (χ3v) is 3.69. The molecule has 0 unspecified atom stereocenters. The quantitative estimate of drug-likeness (QED) is 0.445. The molecule has 1 rings (SSSR count). The highest BCUT2D eigenvalue weighted by atomic mass is 35.5. The van der Waals surface area contributed by atoms with Crippen molar-refractivity contribution < 1.29 is 4.79 Å². The largest absolute Gasteiger partial charge is 0.357 e. The molecular weight excluding hydrogens is 326 g/mol. The summed E-state index contributed by atoms with van der Waals surface area (Å²) in [5.41, 5.74) is 5.12. The Morgan fingerprint density at radius 3 is 2.43 bits per heavy atom. The Hall–Kier alpha value is -0.980. The third kappa shape index (κ3) is 8.80. The lowest BCUT2D eigenvalue weighted by Gasteiger charge is -2.23. The standard InChI is InChI=1S/C14H20ClN3OS2/c1-14(2,3)16-13(20)18-17-12(19)8-9-21-11-6-4-10(15)5-7-11/h4-7H,8-9H2,1-3H3,(H,17,19)(H2,16,18,20). The van der Waals surface area contributed by atoms with Crippen LogP contribution in [0.5, 0.6) is 0 Å². The summed E-state index contributed by atoms with van der Waals surface area (Å²) in [6.45, 7) is 5.97. The number of thiocarbonyl (C=S) groups is 1. The molecule has 0 aromatic heterocycles. The molecule has 0 atom stereocenters. The lowest BCUT2D eigenvalue weighted by atomic mass is 10.1. The van der Waals surface area contributed by atoms with Gasteiger partial charge in [-0.3, -0.25) is 15.6 Å². The van der Waals surface area contributed by atoms with E-state index in [1.54, 1.807) is 11.8 Å². The number of hydrogen-bond donors (Lipinski definition) is 3. The monoisotopic (exact) mass is 345 g/mol. The molecule has 0 saturated heterocycles. The number of halogens is 1. The number of amides is 1. The van der Waals surface area contributed by atoms with Gasteiger partial charge in [-0.2, -0.15) is 0 Å². The first-order chi connectivity index (χ1) is 9.76. The highest BCUT2D eigenvalue weighted by Crippen LogP contribution is 2.20. The van der Waals surface area contributed by atoms with Crippen LogP contribution < -0.4 is 16.2 Å². The van der Waals surface area contributed by atoms with Gasteiger partial charge in [-0.1, -0.05) is 11.6 Å². The van der Waals surface area contributed by atoms with Crippen molar-refractivity contribution in [1.29, 1.82) is 0 Å². The van der Waals surface area contributed by atoms with E-state index >= 15 is 0 Å². The minimum Gasteiger partial charge on any atom is -0.357 e. The fourth-order valence-corrected chi connectivity index (χ4v) is 2.69. The number of benzene rings is 1. The van der Waals surface area contributed by atoms with Crippen molar-refractivity contribution in [1.82, 2.24) is 16.2 Å². The molecule has 0 aliphatic heterocycles. The summed E-state index contributed by atoms with van der Waals surface area (Å²) in [6.07, 6.45) is 0.401. The molecule has 0 fully saturated rings. The first-order valence-corrected chi connectivity index (χ1v) is 8.29. The van der Waals surface area contributed by atoms with Crippen LogP contribution >= 0.6 is 35.6 Å². The molecule has 1 aromatic rings. The molecule has 0 aliphatic carbocycles. The van der Waals surface area contributed by atoms with Crippen molar-refractivity contribution in [2.24, 2.45) is 0 Å². The Morgan fingerprint density at radius 1 is 1.24 bits per heavy atom. The Balaban J connectivity index is 2.19. The number of nitrogens with one attached hydrogen (secondary N) is 3. The minimum absolute atomic E-state index is 0.102. The third-order valence-electron chi connectivity index (χ3n) is 2.22. The van der Waals surface area contributed by atoms with Crippen LogP contribution in [0.1, 0.15) is 27.2 Å². The lowest BCUT2D eigenvalue weighted by Crippen LogP contribution is -2.52. The Labute approximate surface area is 140 Å². The van der Waals surface area contributed by atoms with E-state index in [-0.39, 0.29) is 11.4 Å². The molecule has 21 heavy (non-hydrogen) atoms. The molecule has 0 aliphatic rings. The van der Waals surface area contributed by atoms with Crippen molar-refractivity contribution in [2.45, 2.75) is 37.6 Å². The Bertz CT molecular complexity index is 486. The highest BCUT2D eigenvalue weighted by Gasteiger charge is 2.11.